The fourth-order valence-corrected chi connectivity index (χ4v) is 1.42. The molecule has 0 saturated heterocycles. The van der Waals surface area contributed by atoms with E-state index in [-0.39, 0.29) is 0 Å². The van der Waals surface area contributed by atoms with Gasteiger partial charge in [-0.1, -0.05) is 12.1 Å². The van der Waals surface area contributed by atoms with E-state index in [4.69, 9.17) is 6.57 Å². The molecule has 0 atom stereocenters. The van der Waals surface area contributed by atoms with Crippen LogP contribution in [0.4, 0.5) is 0 Å². The molecule has 0 amide bonds. The monoisotopic (exact) mass is 171 g/mol. The fraction of sp³-hybridized carbons (Fsp3) is 0.200. The molecule has 0 spiro atoms. The molecule has 0 aliphatic heterocycles. The Hall–Kier alpha value is -1.82. The van der Waals surface area contributed by atoms with Crippen molar-refractivity contribution in [3.05, 3.63) is 41.5 Å². The summed E-state index contributed by atoms with van der Waals surface area (Å²) < 4.78 is 1.86. The van der Waals surface area contributed by atoms with Crippen molar-refractivity contribution < 1.29 is 0 Å². The number of hydrogen-bond donors (Lipinski definition) is 0. The molecular weight excluding hydrogens is 162 g/mol. The summed E-state index contributed by atoms with van der Waals surface area (Å²) in [7, 11) is 0. The van der Waals surface area contributed by atoms with Gasteiger partial charge in [-0.15, -0.1) is 0 Å². The average molecular weight is 171 g/mol. The summed E-state index contributed by atoms with van der Waals surface area (Å²) in [6.45, 7) is 9.16. The number of benzene rings is 1. The van der Waals surface area contributed by atoms with Crippen LogP contribution < -0.4 is 0 Å². The highest BCUT2D eigenvalue weighted by atomic mass is 15.1. The molecule has 0 aliphatic rings. The highest BCUT2D eigenvalue weighted by Crippen LogP contribution is 2.16. The maximum absolute atomic E-state index is 6.78. The van der Waals surface area contributed by atoms with Crippen LogP contribution in [-0.2, 0) is 6.67 Å². The Labute approximate surface area is 76.4 Å². The summed E-state index contributed by atoms with van der Waals surface area (Å²) in [5.74, 6) is 0. The Morgan fingerprint density at radius 2 is 2.38 bits per heavy atom. The summed E-state index contributed by atoms with van der Waals surface area (Å²) >= 11 is 0. The van der Waals surface area contributed by atoms with E-state index in [9.17, 15) is 0 Å². The molecule has 0 unspecified atom stereocenters. The zero-order chi connectivity index (χ0) is 9.26. The van der Waals surface area contributed by atoms with Gasteiger partial charge in [0.2, 0.25) is 0 Å². The minimum Gasteiger partial charge on any atom is -0.293 e. The first kappa shape index (κ1) is 7.81. The van der Waals surface area contributed by atoms with Crippen molar-refractivity contribution in [1.29, 1.82) is 0 Å². The molecule has 2 aromatic rings. The normalized spacial score (nSPS) is 10.2. The van der Waals surface area contributed by atoms with Crippen LogP contribution in [0.3, 0.4) is 0 Å². The van der Waals surface area contributed by atoms with E-state index in [0.29, 0.717) is 6.67 Å². The second kappa shape index (κ2) is 2.91. The van der Waals surface area contributed by atoms with Gasteiger partial charge >= 0.3 is 0 Å². The number of aryl methyl sites for hydroxylation is 1. The summed E-state index contributed by atoms with van der Waals surface area (Å²) in [6.07, 6.45) is 1.72. The second-order valence-corrected chi connectivity index (χ2v) is 2.96. The molecule has 0 saturated carbocycles. The lowest BCUT2D eigenvalue weighted by molar-refractivity contribution is 0.845. The largest absolute Gasteiger partial charge is 0.294 e. The quantitative estimate of drug-likeness (QED) is 0.603. The van der Waals surface area contributed by atoms with Crippen LogP contribution in [0.1, 0.15) is 5.56 Å². The van der Waals surface area contributed by atoms with Crippen LogP contribution in [0, 0.1) is 13.5 Å². The van der Waals surface area contributed by atoms with Gasteiger partial charge in [-0.05, 0) is 18.6 Å². The van der Waals surface area contributed by atoms with Gasteiger partial charge in [0, 0.05) is 0 Å². The first-order chi connectivity index (χ1) is 6.33. The molecule has 1 aromatic carbocycles. The third-order valence-electron chi connectivity index (χ3n) is 2.08. The predicted molar refractivity (Wildman–Crippen MR) is 51.1 cm³/mol. The number of rotatable bonds is 1. The number of fused-ring (bicyclic) bond motifs is 1. The molecule has 2 rings (SSSR count). The molecule has 0 fully saturated rings. The Kier molecular flexibility index (Phi) is 1.75. The summed E-state index contributed by atoms with van der Waals surface area (Å²) in [4.78, 5) is 7.59. The lowest BCUT2D eigenvalue weighted by Gasteiger charge is -1.95. The van der Waals surface area contributed by atoms with E-state index >= 15 is 0 Å². The van der Waals surface area contributed by atoms with Crippen LogP contribution in [0.2, 0.25) is 0 Å². The third kappa shape index (κ3) is 1.17. The van der Waals surface area contributed by atoms with E-state index in [2.05, 4.69) is 9.83 Å². The van der Waals surface area contributed by atoms with Crippen LogP contribution in [0.25, 0.3) is 15.9 Å². The third-order valence-corrected chi connectivity index (χ3v) is 2.08. The van der Waals surface area contributed by atoms with Crippen molar-refractivity contribution in [2.45, 2.75) is 13.6 Å². The number of para-hydroxylation sites is 1. The highest BCUT2D eigenvalue weighted by Gasteiger charge is 2.04. The number of nitrogens with zero attached hydrogens (tertiary/aromatic N) is 3. The number of imidazole rings is 1. The maximum atomic E-state index is 6.78. The van der Waals surface area contributed by atoms with Gasteiger partial charge in [0.25, 0.3) is 6.67 Å². The van der Waals surface area contributed by atoms with Gasteiger partial charge in [-0.25, -0.2) is 11.6 Å². The summed E-state index contributed by atoms with van der Waals surface area (Å²) in [6, 6.07) is 6.00. The lowest BCUT2D eigenvalue weighted by Crippen LogP contribution is -1.90. The molecule has 0 aliphatic carbocycles. The topological polar surface area (TPSA) is 22.2 Å². The van der Waals surface area contributed by atoms with Crippen molar-refractivity contribution in [3.63, 3.8) is 0 Å². The molecule has 64 valence electrons. The number of aromatic nitrogens is 2. The van der Waals surface area contributed by atoms with E-state index in [1.807, 2.05) is 29.7 Å². The van der Waals surface area contributed by atoms with E-state index in [1.54, 1.807) is 6.33 Å². The SMILES string of the molecule is [C-]#[N+]Cn1cnc2c(C)cccc21. The first-order valence-electron chi connectivity index (χ1n) is 4.06. The Morgan fingerprint density at radius 1 is 1.54 bits per heavy atom. The maximum Gasteiger partial charge on any atom is 0.294 e. The molecule has 1 aromatic heterocycles. The van der Waals surface area contributed by atoms with Crippen molar-refractivity contribution in [3.8, 4) is 0 Å². The zero-order valence-electron chi connectivity index (χ0n) is 7.36. The summed E-state index contributed by atoms with van der Waals surface area (Å²) in [5, 5.41) is 0. The van der Waals surface area contributed by atoms with Gasteiger partial charge < -0.3 is 0 Å². The lowest BCUT2D eigenvalue weighted by atomic mass is 10.2. The Morgan fingerprint density at radius 3 is 3.15 bits per heavy atom. The van der Waals surface area contributed by atoms with Crippen LogP contribution in [0.15, 0.2) is 24.5 Å². The minimum atomic E-state index is 0.347. The van der Waals surface area contributed by atoms with Gasteiger partial charge in [-0.3, -0.25) is 9.41 Å². The average Bonchev–Trinajstić information content (AvgIpc) is 2.51. The minimum absolute atomic E-state index is 0.347. The molecule has 1 heterocycles. The standard InChI is InChI=1S/C10H9N3/c1-8-4-3-5-9-10(8)12-7-13(9)6-11-2/h3-5,7H,6H2,1H3. The Balaban J connectivity index is 2.70. The molecule has 3 heteroatoms. The second-order valence-electron chi connectivity index (χ2n) is 2.96. The number of hydrogen-bond acceptors (Lipinski definition) is 1. The van der Waals surface area contributed by atoms with Gasteiger partial charge in [0.05, 0.1) is 11.0 Å². The molecule has 3 nitrogen and oxygen atoms in total. The van der Waals surface area contributed by atoms with E-state index in [1.165, 1.54) is 0 Å². The predicted octanol–water partition coefficient (Wildman–Crippen LogP) is 2.22. The van der Waals surface area contributed by atoms with Gasteiger partial charge in [-0.2, -0.15) is 0 Å². The van der Waals surface area contributed by atoms with Crippen molar-refractivity contribution in [2.75, 3.05) is 0 Å². The van der Waals surface area contributed by atoms with Crippen LogP contribution in [0.5, 0.6) is 0 Å². The molecule has 13 heavy (non-hydrogen) atoms. The van der Waals surface area contributed by atoms with Gasteiger partial charge in [0.15, 0.2) is 0 Å². The first-order valence-corrected chi connectivity index (χ1v) is 4.06. The van der Waals surface area contributed by atoms with Gasteiger partial charge in [0.1, 0.15) is 6.33 Å². The van der Waals surface area contributed by atoms with E-state index in [0.717, 1.165) is 16.6 Å². The van der Waals surface area contributed by atoms with Crippen molar-refractivity contribution in [2.24, 2.45) is 0 Å². The molecule has 0 radical (unpaired) electrons. The highest BCUT2D eigenvalue weighted by molar-refractivity contribution is 5.78. The van der Waals surface area contributed by atoms with Crippen molar-refractivity contribution in [1.82, 2.24) is 9.55 Å². The summed E-state index contributed by atoms with van der Waals surface area (Å²) in [5.41, 5.74) is 3.18. The van der Waals surface area contributed by atoms with Crippen LogP contribution >= 0.6 is 0 Å². The van der Waals surface area contributed by atoms with Crippen molar-refractivity contribution >= 4 is 11.0 Å². The van der Waals surface area contributed by atoms with E-state index < -0.39 is 0 Å². The smallest absolute Gasteiger partial charge is 0.293 e. The zero-order valence-corrected chi connectivity index (χ0v) is 7.36. The fourth-order valence-electron chi connectivity index (χ4n) is 1.42. The molecule has 0 N–H and O–H groups in total. The molecule has 0 bridgehead atoms. The Bertz CT molecular complexity index is 476. The van der Waals surface area contributed by atoms with Crippen LogP contribution in [-0.4, -0.2) is 9.55 Å². The molecular formula is C10H9N3.